The Morgan fingerprint density at radius 1 is 1.18 bits per heavy atom. The van der Waals surface area contributed by atoms with Crippen LogP contribution in [-0.2, 0) is 14.8 Å². The summed E-state index contributed by atoms with van der Waals surface area (Å²) in [7, 11) is -3.50. The quantitative estimate of drug-likeness (QED) is 0.533. The highest BCUT2D eigenvalue weighted by atomic mass is 35.5. The molecule has 22 heavy (non-hydrogen) atoms. The molecule has 7 heteroatoms. The molecule has 0 aliphatic rings. The van der Waals surface area contributed by atoms with Crippen molar-refractivity contribution in [1.29, 1.82) is 0 Å². The maximum absolute atomic E-state index is 12.1. The molecule has 0 radical (unpaired) electrons. The Hall–Kier alpha value is -1.11. The second-order valence-electron chi connectivity index (χ2n) is 5.09. The number of nitrogens with one attached hydrogen (secondary N) is 2. The predicted molar refractivity (Wildman–Crippen MR) is 89.7 cm³/mol. The van der Waals surface area contributed by atoms with Crippen LogP contribution in [0.4, 0.5) is 5.69 Å². The minimum absolute atomic E-state index is 0.180. The van der Waals surface area contributed by atoms with Gasteiger partial charge in [-0.3, -0.25) is 4.79 Å². The van der Waals surface area contributed by atoms with Gasteiger partial charge in [-0.15, -0.1) is 11.6 Å². The Morgan fingerprint density at radius 3 is 2.36 bits per heavy atom. The summed E-state index contributed by atoms with van der Waals surface area (Å²) in [5.41, 5.74) is 0.513. The van der Waals surface area contributed by atoms with E-state index in [2.05, 4.69) is 17.0 Å². The molecule has 124 valence electrons. The van der Waals surface area contributed by atoms with E-state index in [0.717, 1.165) is 25.7 Å². The first-order valence-electron chi connectivity index (χ1n) is 7.41. The van der Waals surface area contributed by atoms with E-state index in [4.69, 9.17) is 11.6 Å². The molecule has 0 fully saturated rings. The third kappa shape index (κ3) is 6.34. The fourth-order valence-electron chi connectivity index (χ4n) is 1.80. The second-order valence-corrected chi connectivity index (χ2v) is 7.51. The van der Waals surface area contributed by atoms with E-state index in [0.29, 0.717) is 12.2 Å². The molecule has 0 heterocycles. The molecule has 1 aromatic carbocycles. The Morgan fingerprint density at radius 2 is 1.82 bits per heavy atom. The van der Waals surface area contributed by atoms with E-state index in [9.17, 15) is 13.2 Å². The summed E-state index contributed by atoms with van der Waals surface area (Å²) < 4.78 is 26.8. The van der Waals surface area contributed by atoms with Gasteiger partial charge in [0.15, 0.2) is 0 Å². The van der Waals surface area contributed by atoms with Gasteiger partial charge in [0, 0.05) is 12.2 Å². The van der Waals surface area contributed by atoms with Gasteiger partial charge < -0.3 is 5.32 Å². The standard InChI is InChI=1S/C15H23ClN2O3S/c1-3-4-5-6-11-17-22(20,21)14-9-7-13(8-10-14)18-15(19)12(2)16/h7-10,12,17H,3-6,11H2,1-2H3,(H,18,19)/t12-/m1/s1. The van der Waals surface area contributed by atoms with Crippen molar-refractivity contribution in [3.05, 3.63) is 24.3 Å². The normalized spacial score (nSPS) is 12.9. The summed E-state index contributed by atoms with van der Waals surface area (Å²) in [6.45, 7) is 4.11. The molecule has 0 bridgehead atoms. The first-order chi connectivity index (χ1) is 10.4. The van der Waals surface area contributed by atoms with Gasteiger partial charge in [0.1, 0.15) is 5.38 Å². The van der Waals surface area contributed by atoms with Crippen molar-refractivity contribution in [2.75, 3.05) is 11.9 Å². The van der Waals surface area contributed by atoms with Crippen LogP contribution >= 0.6 is 11.6 Å². The first-order valence-corrected chi connectivity index (χ1v) is 9.33. The first kappa shape index (κ1) is 18.9. The third-order valence-electron chi connectivity index (χ3n) is 3.12. The molecule has 0 saturated heterocycles. The Kier molecular flexibility index (Phi) is 7.85. The second kappa shape index (κ2) is 9.12. The van der Waals surface area contributed by atoms with Gasteiger partial charge in [0.25, 0.3) is 0 Å². The van der Waals surface area contributed by atoms with Crippen LogP contribution < -0.4 is 10.0 Å². The van der Waals surface area contributed by atoms with Gasteiger partial charge in [-0.2, -0.15) is 0 Å². The summed E-state index contributed by atoms with van der Waals surface area (Å²) in [5.74, 6) is -0.327. The van der Waals surface area contributed by atoms with E-state index in [1.54, 1.807) is 19.1 Å². The predicted octanol–water partition coefficient (Wildman–Crippen LogP) is 3.11. The van der Waals surface area contributed by atoms with Crippen molar-refractivity contribution in [2.45, 2.75) is 49.8 Å². The molecule has 0 saturated carbocycles. The van der Waals surface area contributed by atoms with Crippen molar-refractivity contribution in [3.8, 4) is 0 Å². The monoisotopic (exact) mass is 346 g/mol. The van der Waals surface area contributed by atoms with Gasteiger partial charge >= 0.3 is 0 Å². The van der Waals surface area contributed by atoms with Crippen LogP contribution in [0.1, 0.15) is 39.5 Å². The maximum atomic E-state index is 12.1. The molecular weight excluding hydrogens is 324 g/mol. The Balaban J connectivity index is 2.59. The third-order valence-corrected chi connectivity index (χ3v) is 4.79. The van der Waals surface area contributed by atoms with E-state index in [1.807, 2.05) is 0 Å². The highest BCUT2D eigenvalue weighted by molar-refractivity contribution is 7.89. The molecule has 1 rings (SSSR count). The lowest BCUT2D eigenvalue weighted by Crippen LogP contribution is -2.25. The zero-order chi connectivity index (χ0) is 16.6. The Bertz CT molecular complexity index is 571. The number of hydrogen-bond acceptors (Lipinski definition) is 3. The molecule has 0 unspecified atom stereocenters. The van der Waals surface area contributed by atoms with Crippen molar-refractivity contribution in [2.24, 2.45) is 0 Å². The number of amides is 1. The van der Waals surface area contributed by atoms with Crippen LogP contribution in [-0.4, -0.2) is 26.2 Å². The summed E-state index contributed by atoms with van der Waals surface area (Å²) in [6.07, 6.45) is 4.06. The van der Waals surface area contributed by atoms with Gasteiger partial charge in [-0.1, -0.05) is 26.2 Å². The topological polar surface area (TPSA) is 75.3 Å². The summed E-state index contributed by atoms with van der Waals surface area (Å²) in [6, 6.07) is 6.01. The molecule has 1 atom stereocenters. The minimum atomic E-state index is -3.50. The number of anilines is 1. The molecule has 5 nitrogen and oxygen atoms in total. The van der Waals surface area contributed by atoms with E-state index < -0.39 is 15.4 Å². The maximum Gasteiger partial charge on any atom is 0.242 e. The van der Waals surface area contributed by atoms with E-state index >= 15 is 0 Å². The molecule has 2 N–H and O–H groups in total. The van der Waals surface area contributed by atoms with Gasteiger partial charge in [-0.05, 0) is 37.6 Å². The van der Waals surface area contributed by atoms with Gasteiger partial charge in [-0.25, -0.2) is 13.1 Å². The lowest BCUT2D eigenvalue weighted by molar-refractivity contribution is -0.115. The fraction of sp³-hybridized carbons (Fsp3) is 0.533. The number of sulfonamides is 1. The lowest BCUT2D eigenvalue weighted by Gasteiger charge is -2.09. The van der Waals surface area contributed by atoms with Crippen LogP contribution in [0.2, 0.25) is 0 Å². The van der Waals surface area contributed by atoms with Crippen LogP contribution in [0.5, 0.6) is 0 Å². The van der Waals surface area contributed by atoms with Crippen molar-refractivity contribution in [3.63, 3.8) is 0 Å². The molecule has 0 spiro atoms. The number of alkyl halides is 1. The largest absolute Gasteiger partial charge is 0.325 e. The number of halogens is 1. The summed E-state index contributed by atoms with van der Waals surface area (Å²) >= 11 is 5.66. The average molecular weight is 347 g/mol. The van der Waals surface area contributed by atoms with Crippen LogP contribution in [0, 0.1) is 0 Å². The van der Waals surface area contributed by atoms with Crippen molar-refractivity contribution < 1.29 is 13.2 Å². The number of rotatable bonds is 9. The lowest BCUT2D eigenvalue weighted by atomic mass is 10.2. The van der Waals surface area contributed by atoms with E-state index in [1.165, 1.54) is 12.1 Å². The molecule has 0 aromatic heterocycles. The average Bonchev–Trinajstić information content (AvgIpc) is 2.47. The minimum Gasteiger partial charge on any atom is -0.325 e. The fourth-order valence-corrected chi connectivity index (χ4v) is 2.93. The molecule has 0 aliphatic carbocycles. The summed E-state index contributed by atoms with van der Waals surface area (Å²) in [4.78, 5) is 11.6. The number of benzene rings is 1. The SMILES string of the molecule is CCCCCCNS(=O)(=O)c1ccc(NC(=O)[C@@H](C)Cl)cc1. The van der Waals surface area contributed by atoms with Crippen LogP contribution in [0.25, 0.3) is 0 Å². The molecule has 1 amide bonds. The highest BCUT2D eigenvalue weighted by Gasteiger charge is 2.14. The van der Waals surface area contributed by atoms with Crippen molar-refractivity contribution >= 4 is 33.2 Å². The molecule has 1 aromatic rings. The highest BCUT2D eigenvalue weighted by Crippen LogP contribution is 2.15. The van der Waals surface area contributed by atoms with Crippen LogP contribution in [0.3, 0.4) is 0 Å². The molecular formula is C15H23ClN2O3S. The number of hydrogen-bond donors (Lipinski definition) is 2. The van der Waals surface area contributed by atoms with Gasteiger partial charge in [0.2, 0.25) is 15.9 Å². The van der Waals surface area contributed by atoms with Crippen molar-refractivity contribution in [1.82, 2.24) is 4.72 Å². The number of carbonyl (C=O) groups is 1. The molecule has 0 aliphatic heterocycles. The van der Waals surface area contributed by atoms with E-state index in [-0.39, 0.29) is 10.8 Å². The zero-order valence-corrected chi connectivity index (χ0v) is 14.5. The number of unbranched alkanes of at least 4 members (excludes halogenated alkanes) is 3. The van der Waals surface area contributed by atoms with Crippen LogP contribution in [0.15, 0.2) is 29.2 Å². The zero-order valence-electron chi connectivity index (χ0n) is 12.9. The Labute approximate surface area is 137 Å². The number of carbonyl (C=O) groups excluding carboxylic acids is 1. The summed E-state index contributed by atoms with van der Waals surface area (Å²) in [5, 5.41) is 1.96. The van der Waals surface area contributed by atoms with Gasteiger partial charge in [0.05, 0.1) is 4.90 Å². The smallest absolute Gasteiger partial charge is 0.242 e.